The van der Waals surface area contributed by atoms with Crippen LogP contribution in [-0.4, -0.2) is 51.0 Å². The molecule has 118 valence electrons. The fraction of sp³-hybridized carbons (Fsp3) is 0.333. The van der Waals surface area contributed by atoms with Crippen molar-refractivity contribution >= 4 is 28.5 Å². The Balaban J connectivity index is 1.82. The number of pyridine rings is 1. The maximum Gasteiger partial charge on any atom is 0.225 e. The maximum atomic E-state index is 6.12. The molecule has 8 heteroatoms. The van der Waals surface area contributed by atoms with Crippen molar-refractivity contribution in [1.82, 2.24) is 24.7 Å². The van der Waals surface area contributed by atoms with Crippen LogP contribution in [0.5, 0.6) is 0 Å². The minimum Gasteiger partial charge on any atom is -0.378 e. The lowest BCUT2D eigenvalue weighted by molar-refractivity contribution is 0.122. The van der Waals surface area contributed by atoms with Crippen molar-refractivity contribution in [3.8, 4) is 11.1 Å². The van der Waals surface area contributed by atoms with Crippen LogP contribution in [0.1, 0.15) is 0 Å². The fourth-order valence-corrected chi connectivity index (χ4v) is 2.87. The Morgan fingerprint density at radius 3 is 2.70 bits per heavy atom. The normalized spacial score (nSPS) is 15.3. The van der Waals surface area contributed by atoms with E-state index in [0.717, 1.165) is 41.1 Å². The molecular formula is C15H15ClN6O. The largest absolute Gasteiger partial charge is 0.378 e. The Kier molecular flexibility index (Phi) is 3.59. The summed E-state index contributed by atoms with van der Waals surface area (Å²) in [5.41, 5.74) is 3.43. The molecule has 0 unspecified atom stereocenters. The smallest absolute Gasteiger partial charge is 0.225 e. The quantitative estimate of drug-likeness (QED) is 0.669. The summed E-state index contributed by atoms with van der Waals surface area (Å²) in [4.78, 5) is 15.4. The molecule has 1 aliphatic rings. The first-order chi connectivity index (χ1) is 11.2. The summed E-state index contributed by atoms with van der Waals surface area (Å²) < 4.78 is 7.15. The monoisotopic (exact) mass is 330 g/mol. The summed E-state index contributed by atoms with van der Waals surface area (Å²) in [6.07, 6.45) is 5.56. The van der Waals surface area contributed by atoms with Crippen LogP contribution in [0, 0.1) is 0 Å². The molecular weight excluding hydrogens is 316 g/mol. The Morgan fingerprint density at radius 1 is 1.13 bits per heavy atom. The minimum atomic E-state index is 0.226. The molecule has 0 radical (unpaired) electrons. The van der Waals surface area contributed by atoms with Gasteiger partial charge in [-0.3, -0.25) is 9.67 Å². The van der Waals surface area contributed by atoms with Gasteiger partial charge in [0.2, 0.25) is 5.28 Å². The molecule has 23 heavy (non-hydrogen) atoms. The first-order valence-electron chi connectivity index (χ1n) is 7.36. The zero-order chi connectivity index (χ0) is 15.8. The number of morpholine rings is 1. The molecule has 3 aromatic heterocycles. The number of aryl methyl sites for hydroxylation is 1. The summed E-state index contributed by atoms with van der Waals surface area (Å²) in [7, 11) is 1.88. The van der Waals surface area contributed by atoms with Crippen molar-refractivity contribution in [2.75, 3.05) is 31.2 Å². The van der Waals surface area contributed by atoms with Gasteiger partial charge in [-0.2, -0.15) is 10.1 Å². The van der Waals surface area contributed by atoms with Gasteiger partial charge in [0.15, 0.2) is 5.82 Å². The van der Waals surface area contributed by atoms with Gasteiger partial charge in [-0.15, -0.1) is 0 Å². The number of anilines is 1. The van der Waals surface area contributed by atoms with E-state index in [0.29, 0.717) is 13.2 Å². The number of hydrogen-bond acceptors (Lipinski definition) is 6. The molecule has 0 amide bonds. The van der Waals surface area contributed by atoms with Crippen molar-refractivity contribution in [3.05, 3.63) is 29.9 Å². The third-order valence-corrected chi connectivity index (χ3v) is 4.01. The lowest BCUT2D eigenvalue weighted by Crippen LogP contribution is -2.37. The van der Waals surface area contributed by atoms with Crippen LogP contribution in [0.15, 0.2) is 24.7 Å². The van der Waals surface area contributed by atoms with Gasteiger partial charge in [-0.25, -0.2) is 4.98 Å². The molecule has 0 bridgehead atoms. The Labute approximate surface area is 137 Å². The Morgan fingerprint density at radius 2 is 1.96 bits per heavy atom. The molecule has 1 fully saturated rings. The highest BCUT2D eigenvalue weighted by molar-refractivity contribution is 6.28. The SMILES string of the molecule is Cn1cc(-c2cnc3c(N4CCOCC4)nc(Cl)nc3c2)cn1. The van der Waals surface area contributed by atoms with E-state index in [2.05, 4.69) is 25.0 Å². The average Bonchev–Trinajstić information content (AvgIpc) is 3.01. The summed E-state index contributed by atoms with van der Waals surface area (Å²) in [6, 6.07) is 1.97. The molecule has 1 aliphatic heterocycles. The molecule has 4 heterocycles. The van der Waals surface area contributed by atoms with E-state index < -0.39 is 0 Å². The van der Waals surface area contributed by atoms with Crippen molar-refractivity contribution in [2.45, 2.75) is 0 Å². The summed E-state index contributed by atoms with van der Waals surface area (Å²) in [6.45, 7) is 2.90. The van der Waals surface area contributed by atoms with Crippen LogP contribution in [0.3, 0.4) is 0 Å². The third kappa shape index (κ3) is 2.73. The zero-order valence-electron chi connectivity index (χ0n) is 12.6. The predicted octanol–water partition coefficient (Wildman–Crippen LogP) is 1.92. The zero-order valence-corrected chi connectivity index (χ0v) is 13.4. The van der Waals surface area contributed by atoms with Gasteiger partial charge in [-0.1, -0.05) is 0 Å². The second kappa shape index (κ2) is 5.75. The highest BCUT2D eigenvalue weighted by Crippen LogP contribution is 2.28. The Bertz CT molecular complexity index is 858. The predicted molar refractivity (Wildman–Crippen MR) is 87.6 cm³/mol. The molecule has 0 saturated carbocycles. The molecule has 0 aliphatic carbocycles. The molecule has 3 aromatic rings. The van der Waals surface area contributed by atoms with E-state index in [1.54, 1.807) is 10.9 Å². The standard InChI is InChI=1S/C15H15ClN6O/c1-21-9-11(8-18-21)10-6-12-13(17-7-10)14(20-15(16)19-12)22-2-4-23-5-3-22/h6-9H,2-5H2,1H3. The first kappa shape index (κ1) is 14.3. The number of hydrogen-bond donors (Lipinski definition) is 0. The van der Waals surface area contributed by atoms with Gasteiger partial charge in [-0.05, 0) is 17.7 Å². The van der Waals surface area contributed by atoms with E-state index in [1.807, 2.05) is 25.5 Å². The molecule has 0 atom stereocenters. The molecule has 0 spiro atoms. The first-order valence-corrected chi connectivity index (χ1v) is 7.73. The van der Waals surface area contributed by atoms with Gasteiger partial charge in [0.05, 0.1) is 24.9 Å². The van der Waals surface area contributed by atoms with E-state index in [1.165, 1.54) is 0 Å². The van der Waals surface area contributed by atoms with Gasteiger partial charge in [0, 0.05) is 43.7 Å². The summed E-state index contributed by atoms with van der Waals surface area (Å²) in [5.74, 6) is 0.765. The van der Waals surface area contributed by atoms with Crippen LogP contribution in [0.25, 0.3) is 22.2 Å². The van der Waals surface area contributed by atoms with Crippen LogP contribution in [0.4, 0.5) is 5.82 Å². The van der Waals surface area contributed by atoms with Crippen LogP contribution in [-0.2, 0) is 11.8 Å². The van der Waals surface area contributed by atoms with E-state index >= 15 is 0 Å². The minimum absolute atomic E-state index is 0.226. The van der Waals surface area contributed by atoms with Gasteiger partial charge in [0.25, 0.3) is 0 Å². The number of ether oxygens (including phenoxy) is 1. The second-order valence-corrected chi connectivity index (χ2v) is 5.75. The number of nitrogens with zero attached hydrogens (tertiary/aromatic N) is 6. The number of fused-ring (bicyclic) bond motifs is 1. The van der Waals surface area contributed by atoms with Gasteiger partial charge in [0.1, 0.15) is 5.52 Å². The number of aromatic nitrogens is 5. The van der Waals surface area contributed by atoms with Gasteiger partial charge >= 0.3 is 0 Å². The lowest BCUT2D eigenvalue weighted by Gasteiger charge is -2.28. The van der Waals surface area contributed by atoms with E-state index in [4.69, 9.17) is 16.3 Å². The average molecular weight is 331 g/mol. The highest BCUT2D eigenvalue weighted by atomic mass is 35.5. The number of halogens is 1. The number of rotatable bonds is 2. The third-order valence-electron chi connectivity index (χ3n) is 3.84. The Hall–Kier alpha value is -2.25. The highest BCUT2D eigenvalue weighted by Gasteiger charge is 2.18. The van der Waals surface area contributed by atoms with Crippen molar-refractivity contribution in [1.29, 1.82) is 0 Å². The maximum absolute atomic E-state index is 6.12. The van der Waals surface area contributed by atoms with Crippen molar-refractivity contribution in [2.24, 2.45) is 7.05 Å². The van der Waals surface area contributed by atoms with E-state index in [-0.39, 0.29) is 5.28 Å². The molecule has 1 saturated heterocycles. The summed E-state index contributed by atoms with van der Waals surface area (Å²) in [5, 5.41) is 4.42. The summed E-state index contributed by atoms with van der Waals surface area (Å²) >= 11 is 6.12. The molecule has 4 rings (SSSR count). The second-order valence-electron chi connectivity index (χ2n) is 5.41. The van der Waals surface area contributed by atoms with Crippen LogP contribution >= 0.6 is 11.6 Å². The van der Waals surface area contributed by atoms with Gasteiger partial charge < -0.3 is 9.64 Å². The molecule has 7 nitrogen and oxygen atoms in total. The molecule has 0 N–H and O–H groups in total. The van der Waals surface area contributed by atoms with Crippen molar-refractivity contribution in [3.63, 3.8) is 0 Å². The van der Waals surface area contributed by atoms with Crippen LogP contribution in [0.2, 0.25) is 5.28 Å². The molecule has 0 aromatic carbocycles. The van der Waals surface area contributed by atoms with E-state index in [9.17, 15) is 0 Å². The fourth-order valence-electron chi connectivity index (χ4n) is 2.70. The lowest BCUT2D eigenvalue weighted by atomic mass is 10.1. The van der Waals surface area contributed by atoms with Crippen LogP contribution < -0.4 is 4.90 Å². The topological polar surface area (TPSA) is 69.0 Å². The van der Waals surface area contributed by atoms with Crippen molar-refractivity contribution < 1.29 is 4.74 Å².